The highest BCUT2D eigenvalue weighted by Crippen LogP contribution is 2.29. The Balaban J connectivity index is 2.35. The SMILES string of the molecule is C=C(C)c1ccc(C)c(-c2ccc(CCC(C)C)c(C)c2)c1. The molecule has 116 valence electrons. The van der Waals surface area contributed by atoms with Crippen LogP contribution in [0.5, 0.6) is 0 Å². The Morgan fingerprint density at radius 3 is 2.32 bits per heavy atom. The molecule has 0 aliphatic carbocycles. The van der Waals surface area contributed by atoms with E-state index in [0.29, 0.717) is 0 Å². The van der Waals surface area contributed by atoms with Crippen molar-refractivity contribution in [1.82, 2.24) is 0 Å². The predicted molar refractivity (Wildman–Crippen MR) is 99.2 cm³/mol. The smallest absolute Gasteiger partial charge is 0.0149 e. The van der Waals surface area contributed by atoms with E-state index in [1.807, 2.05) is 0 Å². The summed E-state index contributed by atoms with van der Waals surface area (Å²) in [7, 11) is 0. The molecule has 0 unspecified atom stereocenters. The van der Waals surface area contributed by atoms with E-state index in [1.165, 1.54) is 46.2 Å². The lowest BCUT2D eigenvalue weighted by Crippen LogP contribution is -1.95. The lowest BCUT2D eigenvalue weighted by molar-refractivity contribution is 0.586. The molecule has 0 heteroatoms. The number of allylic oxidation sites excluding steroid dienone is 1. The van der Waals surface area contributed by atoms with Crippen molar-refractivity contribution in [3.8, 4) is 11.1 Å². The standard InChI is InChI=1S/C22H28/c1-15(2)7-9-19-11-12-21(13-18(19)6)22-14-20(16(3)4)10-8-17(22)5/h8,10-15H,3,7,9H2,1-2,4-6H3. The fourth-order valence-corrected chi connectivity index (χ4v) is 2.79. The van der Waals surface area contributed by atoms with Gasteiger partial charge in [-0.15, -0.1) is 0 Å². The third-order valence-corrected chi connectivity index (χ3v) is 4.37. The van der Waals surface area contributed by atoms with Crippen molar-refractivity contribution in [3.05, 3.63) is 65.2 Å². The Hall–Kier alpha value is -1.82. The number of hydrogen-bond acceptors (Lipinski definition) is 0. The molecule has 2 aromatic carbocycles. The zero-order chi connectivity index (χ0) is 16.3. The fourth-order valence-electron chi connectivity index (χ4n) is 2.79. The van der Waals surface area contributed by atoms with Gasteiger partial charge in [0.05, 0.1) is 0 Å². The number of rotatable bonds is 5. The van der Waals surface area contributed by atoms with Crippen LogP contribution >= 0.6 is 0 Å². The van der Waals surface area contributed by atoms with E-state index in [0.717, 1.165) is 11.5 Å². The monoisotopic (exact) mass is 292 g/mol. The van der Waals surface area contributed by atoms with Gasteiger partial charge < -0.3 is 0 Å². The summed E-state index contributed by atoms with van der Waals surface area (Å²) < 4.78 is 0. The van der Waals surface area contributed by atoms with Crippen LogP contribution in [0.2, 0.25) is 0 Å². The molecule has 0 atom stereocenters. The molecule has 0 radical (unpaired) electrons. The highest BCUT2D eigenvalue weighted by atomic mass is 14.1. The second-order valence-electron chi connectivity index (χ2n) is 6.88. The van der Waals surface area contributed by atoms with Gasteiger partial charge in [0.1, 0.15) is 0 Å². The quantitative estimate of drug-likeness (QED) is 0.583. The van der Waals surface area contributed by atoms with E-state index < -0.39 is 0 Å². The first-order valence-corrected chi connectivity index (χ1v) is 8.25. The maximum Gasteiger partial charge on any atom is -0.0149 e. The first kappa shape index (κ1) is 16.5. The largest absolute Gasteiger partial charge is 0.0955 e. The van der Waals surface area contributed by atoms with Gasteiger partial charge in [-0.25, -0.2) is 0 Å². The van der Waals surface area contributed by atoms with Gasteiger partial charge in [-0.2, -0.15) is 0 Å². The molecule has 2 rings (SSSR count). The summed E-state index contributed by atoms with van der Waals surface area (Å²) in [6, 6.07) is 13.5. The predicted octanol–water partition coefficient (Wildman–Crippen LogP) is 6.59. The van der Waals surface area contributed by atoms with Crippen LogP contribution in [0.3, 0.4) is 0 Å². The summed E-state index contributed by atoms with van der Waals surface area (Å²) in [5.74, 6) is 0.758. The summed E-state index contributed by atoms with van der Waals surface area (Å²) in [4.78, 5) is 0. The second-order valence-corrected chi connectivity index (χ2v) is 6.88. The van der Waals surface area contributed by atoms with E-state index in [4.69, 9.17) is 0 Å². The molecule has 0 fully saturated rings. The maximum atomic E-state index is 4.06. The first-order valence-electron chi connectivity index (χ1n) is 8.25. The van der Waals surface area contributed by atoms with Gasteiger partial charge in [-0.1, -0.05) is 56.3 Å². The third kappa shape index (κ3) is 3.88. The van der Waals surface area contributed by atoms with Gasteiger partial charge in [0.25, 0.3) is 0 Å². The molecule has 0 amide bonds. The Morgan fingerprint density at radius 2 is 1.73 bits per heavy atom. The van der Waals surface area contributed by atoms with Crippen molar-refractivity contribution in [3.63, 3.8) is 0 Å². The van der Waals surface area contributed by atoms with E-state index in [1.54, 1.807) is 0 Å². The molecule has 0 aliphatic heterocycles. The molecule has 0 saturated carbocycles. The number of hydrogen-bond donors (Lipinski definition) is 0. The van der Waals surface area contributed by atoms with Crippen molar-refractivity contribution in [2.75, 3.05) is 0 Å². The van der Waals surface area contributed by atoms with E-state index in [9.17, 15) is 0 Å². The van der Waals surface area contributed by atoms with Crippen LogP contribution in [0.15, 0.2) is 43.0 Å². The van der Waals surface area contributed by atoms with Crippen molar-refractivity contribution in [2.24, 2.45) is 5.92 Å². The number of benzene rings is 2. The molecule has 0 heterocycles. The highest BCUT2D eigenvalue weighted by molar-refractivity contribution is 5.74. The zero-order valence-corrected chi connectivity index (χ0v) is 14.7. The van der Waals surface area contributed by atoms with Crippen LogP contribution in [0.1, 0.15) is 49.4 Å². The second kappa shape index (κ2) is 6.96. The minimum atomic E-state index is 0.758. The topological polar surface area (TPSA) is 0 Å². The Kier molecular flexibility index (Phi) is 5.24. The number of aryl methyl sites for hydroxylation is 3. The van der Waals surface area contributed by atoms with Crippen molar-refractivity contribution in [1.29, 1.82) is 0 Å². The first-order chi connectivity index (χ1) is 10.4. The van der Waals surface area contributed by atoms with Gasteiger partial charge in [-0.3, -0.25) is 0 Å². The van der Waals surface area contributed by atoms with Crippen LogP contribution < -0.4 is 0 Å². The van der Waals surface area contributed by atoms with Crippen molar-refractivity contribution in [2.45, 2.75) is 47.5 Å². The molecule has 0 saturated heterocycles. The average molecular weight is 292 g/mol. The maximum absolute atomic E-state index is 4.06. The molecule has 0 spiro atoms. The molecule has 2 aromatic rings. The zero-order valence-electron chi connectivity index (χ0n) is 14.7. The summed E-state index contributed by atoms with van der Waals surface area (Å²) in [6.07, 6.45) is 2.43. The van der Waals surface area contributed by atoms with Gasteiger partial charge in [0.2, 0.25) is 0 Å². The third-order valence-electron chi connectivity index (χ3n) is 4.37. The Morgan fingerprint density at radius 1 is 1.00 bits per heavy atom. The normalized spacial score (nSPS) is 11.0. The van der Waals surface area contributed by atoms with Crippen molar-refractivity contribution < 1.29 is 0 Å². The minimum Gasteiger partial charge on any atom is -0.0955 e. The van der Waals surface area contributed by atoms with Crippen LogP contribution in [-0.2, 0) is 6.42 Å². The Labute approximate surface area is 135 Å². The van der Waals surface area contributed by atoms with E-state index in [2.05, 4.69) is 77.6 Å². The summed E-state index contributed by atoms with van der Waals surface area (Å²) >= 11 is 0. The van der Waals surface area contributed by atoms with Gasteiger partial charge in [-0.05, 0) is 79.0 Å². The molecule has 0 aromatic heterocycles. The molecule has 22 heavy (non-hydrogen) atoms. The molecule has 0 N–H and O–H groups in total. The van der Waals surface area contributed by atoms with Gasteiger partial charge >= 0.3 is 0 Å². The molecule has 0 aliphatic rings. The van der Waals surface area contributed by atoms with E-state index in [-0.39, 0.29) is 0 Å². The van der Waals surface area contributed by atoms with Crippen LogP contribution in [0.25, 0.3) is 16.7 Å². The van der Waals surface area contributed by atoms with Gasteiger partial charge in [0.15, 0.2) is 0 Å². The summed E-state index contributed by atoms with van der Waals surface area (Å²) in [5, 5.41) is 0. The lowest BCUT2D eigenvalue weighted by atomic mass is 9.92. The molecular weight excluding hydrogens is 264 g/mol. The van der Waals surface area contributed by atoms with Crippen molar-refractivity contribution >= 4 is 5.57 Å². The van der Waals surface area contributed by atoms with Crippen LogP contribution in [0, 0.1) is 19.8 Å². The summed E-state index contributed by atoms with van der Waals surface area (Å²) in [6.45, 7) is 15.1. The molecular formula is C22H28. The van der Waals surface area contributed by atoms with Crippen LogP contribution in [0.4, 0.5) is 0 Å². The lowest BCUT2D eigenvalue weighted by Gasteiger charge is -2.13. The Bertz CT molecular complexity index is 674. The highest BCUT2D eigenvalue weighted by Gasteiger charge is 2.07. The molecule has 0 nitrogen and oxygen atoms in total. The fraction of sp³-hybridized carbons (Fsp3) is 0.364. The summed E-state index contributed by atoms with van der Waals surface area (Å²) in [5.41, 5.74) is 9.17. The minimum absolute atomic E-state index is 0.758. The van der Waals surface area contributed by atoms with E-state index >= 15 is 0 Å². The average Bonchev–Trinajstić information content (AvgIpc) is 2.46. The van der Waals surface area contributed by atoms with Gasteiger partial charge in [0, 0.05) is 0 Å². The molecule has 0 bridgehead atoms. The van der Waals surface area contributed by atoms with Crippen LogP contribution in [-0.4, -0.2) is 0 Å².